The molecule has 0 saturated carbocycles. The number of benzene rings is 2. The molecule has 2 aromatic rings. The first-order chi connectivity index (χ1) is 12.8. The Balaban J connectivity index is 1.52. The Morgan fingerprint density at radius 1 is 0.962 bits per heavy atom. The second kappa shape index (κ2) is 8.34. The van der Waals surface area contributed by atoms with Crippen molar-refractivity contribution in [1.82, 2.24) is 15.1 Å². The summed E-state index contributed by atoms with van der Waals surface area (Å²) in [5.74, 6) is 0. The molecule has 0 amide bonds. The van der Waals surface area contributed by atoms with E-state index < -0.39 is 0 Å². The number of nitrogens with zero attached hydrogens (tertiary/aromatic N) is 2. The number of hydrogen-bond donors (Lipinski definition) is 1. The number of hydrogen-bond acceptors (Lipinski definition) is 3. The van der Waals surface area contributed by atoms with Crippen molar-refractivity contribution in [2.75, 3.05) is 39.8 Å². The molecule has 2 atom stereocenters. The first kappa shape index (κ1) is 17.7. The molecular weight excluding hydrogens is 318 g/mol. The zero-order chi connectivity index (χ0) is 17.8. The van der Waals surface area contributed by atoms with E-state index in [9.17, 15) is 0 Å². The molecule has 2 aliphatic rings. The summed E-state index contributed by atoms with van der Waals surface area (Å²) in [4.78, 5) is 5.05. The average molecular weight is 350 g/mol. The lowest BCUT2D eigenvalue weighted by atomic mass is 9.87. The molecule has 0 spiro atoms. The van der Waals surface area contributed by atoms with Crippen LogP contribution < -0.4 is 5.32 Å². The summed E-state index contributed by atoms with van der Waals surface area (Å²) in [6, 6.07) is 20.9. The number of nitrogens with one attached hydrogen (secondary N) is 1. The van der Waals surface area contributed by atoms with Gasteiger partial charge in [-0.3, -0.25) is 4.90 Å². The maximum Gasteiger partial charge on any atom is 0.0454 e. The number of piperazine rings is 1. The van der Waals surface area contributed by atoms with Crippen LogP contribution in [0.1, 0.15) is 41.6 Å². The molecule has 1 saturated heterocycles. The lowest BCUT2D eigenvalue weighted by molar-refractivity contribution is 0.139. The van der Waals surface area contributed by atoms with E-state index in [1.807, 2.05) is 0 Å². The summed E-state index contributed by atoms with van der Waals surface area (Å²) >= 11 is 0. The van der Waals surface area contributed by atoms with E-state index in [1.165, 1.54) is 62.1 Å². The van der Waals surface area contributed by atoms with Gasteiger partial charge in [-0.2, -0.15) is 0 Å². The van der Waals surface area contributed by atoms with Crippen LogP contribution in [0.2, 0.25) is 0 Å². The van der Waals surface area contributed by atoms with E-state index in [4.69, 9.17) is 0 Å². The highest BCUT2D eigenvalue weighted by molar-refractivity contribution is 5.32. The summed E-state index contributed by atoms with van der Waals surface area (Å²) in [7, 11) is 2.23. The number of likely N-dealkylation sites (N-methyl/N-ethyl adjacent to an activating group) is 1. The zero-order valence-corrected chi connectivity index (χ0v) is 15.9. The highest BCUT2D eigenvalue weighted by Gasteiger charge is 2.25. The topological polar surface area (TPSA) is 18.5 Å². The van der Waals surface area contributed by atoms with Gasteiger partial charge >= 0.3 is 0 Å². The molecule has 1 aliphatic heterocycles. The van der Waals surface area contributed by atoms with Gasteiger partial charge < -0.3 is 10.2 Å². The number of rotatable bonds is 5. The summed E-state index contributed by atoms with van der Waals surface area (Å²) in [5.41, 5.74) is 4.45. The Bertz CT molecular complexity index is 692. The molecule has 4 rings (SSSR count). The van der Waals surface area contributed by atoms with Crippen LogP contribution in [0, 0.1) is 0 Å². The summed E-state index contributed by atoms with van der Waals surface area (Å²) < 4.78 is 0. The second-order valence-corrected chi connectivity index (χ2v) is 7.88. The fraction of sp³-hybridized carbons (Fsp3) is 0.478. The van der Waals surface area contributed by atoms with Crippen LogP contribution in [-0.4, -0.2) is 49.6 Å². The molecule has 0 radical (unpaired) electrons. The number of aryl methyl sites for hydroxylation is 1. The minimum atomic E-state index is 0.385. The fourth-order valence-corrected chi connectivity index (χ4v) is 4.40. The van der Waals surface area contributed by atoms with E-state index in [-0.39, 0.29) is 0 Å². The molecular formula is C23H31N3. The van der Waals surface area contributed by atoms with Crippen molar-refractivity contribution in [3.05, 3.63) is 71.3 Å². The summed E-state index contributed by atoms with van der Waals surface area (Å²) in [6.07, 6.45) is 3.75. The third kappa shape index (κ3) is 4.17. The molecule has 0 bridgehead atoms. The predicted octanol–water partition coefficient (Wildman–Crippen LogP) is 3.64. The van der Waals surface area contributed by atoms with Crippen LogP contribution >= 0.6 is 0 Å². The van der Waals surface area contributed by atoms with Gasteiger partial charge in [0.05, 0.1) is 0 Å². The summed E-state index contributed by atoms with van der Waals surface area (Å²) in [6.45, 7) is 5.78. The molecule has 3 nitrogen and oxygen atoms in total. The van der Waals surface area contributed by atoms with Crippen molar-refractivity contribution in [1.29, 1.82) is 0 Å². The Kier molecular flexibility index (Phi) is 5.68. The SMILES string of the molecule is CN1CCN(C[C@H](N[C@@H]2CCCc3ccccc32)c2ccccc2)CC1. The molecule has 1 fully saturated rings. The standard InChI is InChI=1S/C23H31N3/c1-25-14-16-26(17-15-25)18-23(20-9-3-2-4-10-20)24-22-13-7-11-19-8-5-6-12-21(19)22/h2-6,8-10,12,22-24H,7,11,13-18H2,1H3/t22-,23+/m1/s1. The Morgan fingerprint density at radius 2 is 1.69 bits per heavy atom. The smallest absolute Gasteiger partial charge is 0.0454 e. The predicted molar refractivity (Wildman–Crippen MR) is 108 cm³/mol. The zero-order valence-electron chi connectivity index (χ0n) is 15.9. The molecule has 1 aliphatic carbocycles. The van der Waals surface area contributed by atoms with Crippen LogP contribution in [0.25, 0.3) is 0 Å². The van der Waals surface area contributed by atoms with E-state index >= 15 is 0 Å². The molecule has 2 aromatic carbocycles. The molecule has 26 heavy (non-hydrogen) atoms. The maximum absolute atomic E-state index is 4.03. The van der Waals surface area contributed by atoms with Crippen LogP contribution in [0.5, 0.6) is 0 Å². The molecule has 0 aromatic heterocycles. The van der Waals surface area contributed by atoms with Gasteiger partial charge in [-0.05, 0) is 43.0 Å². The van der Waals surface area contributed by atoms with Gasteiger partial charge in [0.25, 0.3) is 0 Å². The highest BCUT2D eigenvalue weighted by atomic mass is 15.3. The van der Waals surface area contributed by atoms with Crippen LogP contribution in [0.15, 0.2) is 54.6 Å². The average Bonchev–Trinajstić information content (AvgIpc) is 2.70. The van der Waals surface area contributed by atoms with E-state index in [2.05, 4.69) is 76.8 Å². The van der Waals surface area contributed by atoms with Gasteiger partial charge in [0.2, 0.25) is 0 Å². The molecule has 0 unspecified atom stereocenters. The van der Waals surface area contributed by atoms with Crippen molar-refractivity contribution >= 4 is 0 Å². The first-order valence-electron chi connectivity index (χ1n) is 10.1. The molecule has 1 N–H and O–H groups in total. The lowest BCUT2D eigenvalue weighted by Gasteiger charge is -2.37. The van der Waals surface area contributed by atoms with Crippen LogP contribution in [-0.2, 0) is 6.42 Å². The van der Waals surface area contributed by atoms with Gasteiger partial charge in [-0.15, -0.1) is 0 Å². The quantitative estimate of drug-likeness (QED) is 0.889. The fourth-order valence-electron chi connectivity index (χ4n) is 4.40. The van der Waals surface area contributed by atoms with Crippen molar-refractivity contribution in [3.8, 4) is 0 Å². The van der Waals surface area contributed by atoms with Crippen molar-refractivity contribution in [2.24, 2.45) is 0 Å². The van der Waals surface area contributed by atoms with E-state index in [0.29, 0.717) is 12.1 Å². The largest absolute Gasteiger partial charge is 0.304 e. The van der Waals surface area contributed by atoms with Gasteiger partial charge in [0, 0.05) is 44.8 Å². The monoisotopic (exact) mass is 349 g/mol. The van der Waals surface area contributed by atoms with Gasteiger partial charge in [0.15, 0.2) is 0 Å². The third-order valence-electron chi connectivity index (χ3n) is 6.01. The van der Waals surface area contributed by atoms with Crippen molar-refractivity contribution in [3.63, 3.8) is 0 Å². The van der Waals surface area contributed by atoms with Gasteiger partial charge in [0.1, 0.15) is 0 Å². The van der Waals surface area contributed by atoms with E-state index in [0.717, 1.165) is 6.54 Å². The second-order valence-electron chi connectivity index (χ2n) is 7.88. The minimum absolute atomic E-state index is 0.385. The number of fused-ring (bicyclic) bond motifs is 1. The Hall–Kier alpha value is -1.68. The first-order valence-corrected chi connectivity index (χ1v) is 10.1. The maximum atomic E-state index is 4.03. The normalized spacial score (nSPS) is 22.7. The minimum Gasteiger partial charge on any atom is -0.304 e. The van der Waals surface area contributed by atoms with Crippen molar-refractivity contribution < 1.29 is 0 Å². The lowest BCUT2D eigenvalue weighted by Crippen LogP contribution is -2.47. The van der Waals surface area contributed by atoms with Crippen molar-refractivity contribution in [2.45, 2.75) is 31.3 Å². The van der Waals surface area contributed by atoms with Gasteiger partial charge in [-0.25, -0.2) is 0 Å². The summed E-state index contributed by atoms with van der Waals surface area (Å²) in [5, 5.41) is 4.03. The molecule has 1 heterocycles. The van der Waals surface area contributed by atoms with Crippen LogP contribution in [0.4, 0.5) is 0 Å². The Morgan fingerprint density at radius 3 is 2.50 bits per heavy atom. The Labute approximate surface area is 158 Å². The molecule has 3 heteroatoms. The van der Waals surface area contributed by atoms with Crippen LogP contribution in [0.3, 0.4) is 0 Å². The van der Waals surface area contributed by atoms with Gasteiger partial charge in [-0.1, -0.05) is 54.6 Å². The highest BCUT2D eigenvalue weighted by Crippen LogP contribution is 2.32. The third-order valence-corrected chi connectivity index (χ3v) is 6.01. The molecule has 138 valence electrons. The van der Waals surface area contributed by atoms with E-state index in [1.54, 1.807) is 0 Å².